The Hall–Kier alpha value is -1.41. The van der Waals surface area contributed by atoms with Gasteiger partial charge in [0.15, 0.2) is 0 Å². The standard InChI is InChI=1S/C24H37N3O3S/c1-18(2)19-7-9-21(10-8-19)26-14-11-22(12-15-26)27-23(13-16-30-31(25,28)29)17-20-5-3-4-6-24(20)27/h3-6,17-19,21-22H,7-16H2,1-2H3,(H2,25,28,29). The van der Waals surface area contributed by atoms with Crippen molar-refractivity contribution in [1.82, 2.24) is 9.47 Å². The SMILES string of the molecule is CC(C)C1CCC(N2CCC(n3c(CCOS(N)(=O)=O)cc4ccccc43)CC2)CC1. The van der Waals surface area contributed by atoms with Crippen LogP contribution < -0.4 is 5.14 Å². The minimum absolute atomic E-state index is 0.0765. The lowest BCUT2D eigenvalue weighted by Gasteiger charge is -2.42. The molecule has 4 rings (SSSR count). The maximum absolute atomic E-state index is 11.2. The topological polar surface area (TPSA) is 77.6 Å². The monoisotopic (exact) mass is 447 g/mol. The molecule has 2 fully saturated rings. The molecule has 2 N–H and O–H groups in total. The highest BCUT2D eigenvalue weighted by molar-refractivity contribution is 7.84. The Labute approximate surface area is 187 Å². The number of benzene rings is 1. The lowest BCUT2D eigenvalue weighted by Crippen LogP contribution is -2.44. The Bertz CT molecular complexity index is 969. The highest BCUT2D eigenvalue weighted by Gasteiger charge is 2.31. The van der Waals surface area contributed by atoms with Gasteiger partial charge in [0, 0.05) is 42.8 Å². The maximum Gasteiger partial charge on any atom is 0.333 e. The number of hydrogen-bond donors (Lipinski definition) is 1. The predicted molar refractivity (Wildman–Crippen MR) is 125 cm³/mol. The summed E-state index contributed by atoms with van der Waals surface area (Å²) in [6, 6.07) is 11.8. The summed E-state index contributed by atoms with van der Waals surface area (Å²) in [6.45, 7) is 7.09. The zero-order chi connectivity index (χ0) is 22.0. The Morgan fingerprint density at radius 1 is 1.03 bits per heavy atom. The molecule has 7 heteroatoms. The van der Waals surface area contributed by atoms with Gasteiger partial charge >= 0.3 is 10.3 Å². The van der Waals surface area contributed by atoms with Gasteiger partial charge in [-0.1, -0.05) is 32.0 Å². The largest absolute Gasteiger partial charge is 0.341 e. The first kappa shape index (κ1) is 22.8. The van der Waals surface area contributed by atoms with Crippen molar-refractivity contribution in [1.29, 1.82) is 0 Å². The van der Waals surface area contributed by atoms with Gasteiger partial charge in [-0.25, -0.2) is 5.14 Å². The smallest absolute Gasteiger partial charge is 0.333 e. The molecule has 1 aromatic carbocycles. The van der Waals surface area contributed by atoms with Gasteiger partial charge < -0.3 is 9.47 Å². The third kappa shape index (κ3) is 5.51. The number of fused-ring (bicyclic) bond motifs is 1. The second kappa shape index (κ2) is 9.61. The summed E-state index contributed by atoms with van der Waals surface area (Å²) in [6.07, 6.45) is 8.23. The summed E-state index contributed by atoms with van der Waals surface area (Å²) in [7, 11) is -3.91. The predicted octanol–water partition coefficient (Wildman–Crippen LogP) is 4.26. The number of para-hydroxylation sites is 1. The molecule has 0 unspecified atom stereocenters. The number of nitrogens with two attached hydrogens (primary N) is 1. The zero-order valence-corrected chi connectivity index (χ0v) is 19.7. The number of aromatic nitrogens is 1. The quantitative estimate of drug-likeness (QED) is 0.688. The van der Waals surface area contributed by atoms with Crippen LogP contribution in [0.1, 0.15) is 64.1 Å². The third-order valence-electron chi connectivity index (χ3n) is 7.50. The van der Waals surface area contributed by atoms with Gasteiger partial charge in [0.1, 0.15) is 0 Å². The molecule has 2 aliphatic rings. The molecule has 1 aliphatic heterocycles. The molecule has 1 saturated heterocycles. The van der Waals surface area contributed by atoms with Crippen LogP contribution in [0.4, 0.5) is 0 Å². The first-order valence-corrected chi connectivity index (χ1v) is 13.3. The molecule has 1 saturated carbocycles. The van der Waals surface area contributed by atoms with Crippen LogP contribution in [0.3, 0.4) is 0 Å². The van der Waals surface area contributed by atoms with E-state index in [1.807, 2.05) is 6.07 Å². The highest BCUT2D eigenvalue weighted by Crippen LogP contribution is 2.36. The van der Waals surface area contributed by atoms with E-state index >= 15 is 0 Å². The van der Waals surface area contributed by atoms with E-state index in [1.54, 1.807) is 0 Å². The number of likely N-dealkylation sites (tertiary alicyclic amines) is 1. The minimum atomic E-state index is -3.91. The molecular weight excluding hydrogens is 410 g/mol. The highest BCUT2D eigenvalue weighted by atomic mass is 32.2. The molecule has 1 aromatic heterocycles. The molecule has 0 spiro atoms. The van der Waals surface area contributed by atoms with Crippen LogP contribution in [0, 0.1) is 11.8 Å². The second-order valence-electron chi connectivity index (χ2n) is 9.71. The Balaban J connectivity index is 1.43. The summed E-state index contributed by atoms with van der Waals surface area (Å²) in [4.78, 5) is 2.72. The van der Waals surface area contributed by atoms with Crippen LogP contribution in [0.25, 0.3) is 10.9 Å². The minimum Gasteiger partial charge on any atom is -0.341 e. The lowest BCUT2D eigenvalue weighted by atomic mass is 9.79. The average molecular weight is 448 g/mol. The van der Waals surface area contributed by atoms with E-state index in [0.29, 0.717) is 12.5 Å². The van der Waals surface area contributed by atoms with Gasteiger partial charge in [-0.15, -0.1) is 0 Å². The first-order valence-electron chi connectivity index (χ1n) is 11.8. The maximum atomic E-state index is 11.2. The Morgan fingerprint density at radius 2 is 1.71 bits per heavy atom. The van der Waals surface area contributed by atoms with Gasteiger partial charge in [0.2, 0.25) is 0 Å². The summed E-state index contributed by atoms with van der Waals surface area (Å²) in [5.74, 6) is 1.72. The summed E-state index contributed by atoms with van der Waals surface area (Å²) in [5, 5.41) is 6.20. The van der Waals surface area contributed by atoms with E-state index in [4.69, 9.17) is 9.32 Å². The molecule has 0 atom stereocenters. The molecule has 6 nitrogen and oxygen atoms in total. The molecule has 0 bridgehead atoms. The van der Waals surface area contributed by atoms with Crippen LogP contribution in [-0.4, -0.2) is 43.6 Å². The normalized spacial score (nSPS) is 24.3. The van der Waals surface area contributed by atoms with Crippen molar-refractivity contribution in [3.05, 3.63) is 36.0 Å². The van der Waals surface area contributed by atoms with Gasteiger partial charge in [0.25, 0.3) is 0 Å². The van der Waals surface area contributed by atoms with Gasteiger partial charge in [-0.2, -0.15) is 8.42 Å². The fourth-order valence-corrected chi connectivity index (χ4v) is 6.08. The Morgan fingerprint density at radius 3 is 2.35 bits per heavy atom. The fourth-order valence-electron chi connectivity index (χ4n) is 5.76. The summed E-state index contributed by atoms with van der Waals surface area (Å²) < 4.78 is 29.6. The van der Waals surface area contributed by atoms with Crippen LogP contribution in [0.2, 0.25) is 0 Å². The van der Waals surface area contributed by atoms with Gasteiger partial charge in [-0.3, -0.25) is 4.18 Å². The summed E-state index contributed by atoms with van der Waals surface area (Å²) in [5.41, 5.74) is 2.35. The lowest BCUT2D eigenvalue weighted by molar-refractivity contribution is 0.0889. The molecule has 172 valence electrons. The molecule has 0 amide bonds. The van der Waals surface area contributed by atoms with E-state index < -0.39 is 10.3 Å². The zero-order valence-electron chi connectivity index (χ0n) is 18.9. The van der Waals surface area contributed by atoms with Gasteiger partial charge in [0.05, 0.1) is 6.61 Å². The first-order chi connectivity index (χ1) is 14.8. The fraction of sp³-hybridized carbons (Fsp3) is 0.667. The molecule has 0 radical (unpaired) electrons. The van der Waals surface area contributed by atoms with E-state index in [2.05, 4.69) is 47.6 Å². The number of piperidine rings is 1. The van der Waals surface area contributed by atoms with Crippen molar-refractivity contribution < 1.29 is 12.6 Å². The molecule has 31 heavy (non-hydrogen) atoms. The van der Waals surface area contributed by atoms with E-state index in [0.717, 1.165) is 49.5 Å². The van der Waals surface area contributed by atoms with Crippen molar-refractivity contribution in [2.75, 3.05) is 19.7 Å². The molecule has 2 aromatic rings. The molecule has 2 heterocycles. The van der Waals surface area contributed by atoms with Crippen LogP contribution in [0.5, 0.6) is 0 Å². The third-order valence-corrected chi connectivity index (χ3v) is 7.99. The van der Waals surface area contributed by atoms with Crippen molar-refractivity contribution in [3.63, 3.8) is 0 Å². The van der Waals surface area contributed by atoms with Crippen LogP contribution >= 0.6 is 0 Å². The van der Waals surface area contributed by atoms with Crippen LogP contribution in [-0.2, 0) is 20.9 Å². The molecule has 1 aliphatic carbocycles. The second-order valence-corrected chi connectivity index (χ2v) is 10.9. The molecular formula is C24H37N3O3S. The van der Waals surface area contributed by atoms with Crippen molar-refractivity contribution in [2.45, 2.75) is 70.9 Å². The van der Waals surface area contributed by atoms with E-state index in [9.17, 15) is 8.42 Å². The van der Waals surface area contributed by atoms with Gasteiger partial charge in [-0.05, 0) is 67.9 Å². The van der Waals surface area contributed by atoms with Crippen molar-refractivity contribution in [3.8, 4) is 0 Å². The number of rotatable bonds is 7. The van der Waals surface area contributed by atoms with E-state index in [1.165, 1.54) is 36.6 Å². The average Bonchev–Trinajstić information content (AvgIpc) is 3.11. The van der Waals surface area contributed by atoms with Crippen molar-refractivity contribution >= 4 is 21.2 Å². The number of hydrogen-bond acceptors (Lipinski definition) is 4. The summed E-state index contributed by atoms with van der Waals surface area (Å²) >= 11 is 0. The van der Waals surface area contributed by atoms with E-state index in [-0.39, 0.29) is 6.61 Å². The van der Waals surface area contributed by atoms with Crippen LogP contribution in [0.15, 0.2) is 30.3 Å². The number of nitrogens with zero attached hydrogens (tertiary/aromatic N) is 2. The Kier molecular flexibility index (Phi) is 7.06. The van der Waals surface area contributed by atoms with Crippen molar-refractivity contribution in [2.24, 2.45) is 17.0 Å².